The molecule has 1 fully saturated rings. The van der Waals surface area contributed by atoms with Crippen LogP contribution in [0.2, 0.25) is 0 Å². The molecule has 0 saturated carbocycles. The number of amides is 4. The standard InChI is InChI=1S/C19H18N4O5S/c1-3-9-28-17(26)15-11(2)20-18(29-15)21-13(24)10-23-16(25)14(22-19(23)27)12-7-5-4-6-8-12/h3-8,14H,1,9-10H2,2H3,(H,22,27)(H,20,21,24). The summed E-state index contributed by atoms with van der Waals surface area (Å²) in [5.74, 6) is -1.69. The van der Waals surface area contributed by atoms with Gasteiger partial charge >= 0.3 is 12.0 Å². The van der Waals surface area contributed by atoms with Gasteiger partial charge in [-0.1, -0.05) is 54.3 Å². The molecule has 2 heterocycles. The number of imide groups is 1. The molecule has 1 saturated heterocycles. The van der Waals surface area contributed by atoms with Gasteiger partial charge in [-0.15, -0.1) is 0 Å². The summed E-state index contributed by atoms with van der Waals surface area (Å²) in [7, 11) is 0. The maximum absolute atomic E-state index is 12.5. The molecule has 1 aliphatic rings. The second kappa shape index (κ2) is 8.65. The molecule has 1 aromatic carbocycles. The number of ether oxygens (including phenoxy) is 1. The highest BCUT2D eigenvalue weighted by Gasteiger charge is 2.39. The van der Waals surface area contributed by atoms with Crippen LogP contribution in [0.4, 0.5) is 9.93 Å². The summed E-state index contributed by atoms with van der Waals surface area (Å²) in [4.78, 5) is 54.1. The van der Waals surface area contributed by atoms with E-state index in [1.54, 1.807) is 37.3 Å². The molecule has 10 heteroatoms. The number of carbonyl (C=O) groups is 4. The van der Waals surface area contributed by atoms with Gasteiger partial charge in [-0.25, -0.2) is 14.6 Å². The van der Waals surface area contributed by atoms with E-state index in [2.05, 4.69) is 22.2 Å². The van der Waals surface area contributed by atoms with Crippen molar-refractivity contribution in [1.82, 2.24) is 15.2 Å². The van der Waals surface area contributed by atoms with Gasteiger partial charge in [0.2, 0.25) is 5.91 Å². The number of urea groups is 1. The van der Waals surface area contributed by atoms with E-state index >= 15 is 0 Å². The lowest BCUT2D eigenvalue weighted by Gasteiger charge is -2.12. The Hall–Kier alpha value is -3.53. The SMILES string of the molecule is C=CCOC(=O)c1sc(NC(=O)CN2C(=O)NC(c3ccccc3)C2=O)nc1C. The lowest BCUT2D eigenvalue weighted by molar-refractivity contribution is -0.130. The normalized spacial score (nSPS) is 15.8. The average Bonchev–Trinajstić information content (AvgIpc) is 3.20. The van der Waals surface area contributed by atoms with Crippen molar-refractivity contribution in [2.24, 2.45) is 0 Å². The Balaban J connectivity index is 1.64. The molecule has 1 aromatic heterocycles. The Morgan fingerprint density at radius 2 is 2.07 bits per heavy atom. The molecular formula is C19H18N4O5S. The van der Waals surface area contributed by atoms with Gasteiger partial charge in [-0.05, 0) is 12.5 Å². The van der Waals surface area contributed by atoms with Gasteiger partial charge in [-0.2, -0.15) is 0 Å². The fraction of sp³-hybridized carbons (Fsp3) is 0.211. The van der Waals surface area contributed by atoms with E-state index in [9.17, 15) is 19.2 Å². The second-order valence-electron chi connectivity index (χ2n) is 6.09. The fourth-order valence-electron chi connectivity index (χ4n) is 2.68. The van der Waals surface area contributed by atoms with Crippen molar-refractivity contribution in [3.63, 3.8) is 0 Å². The largest absolute Gasteiger partial charge is 0.457 e. The highest BCUT2D eigenvalue weighted by atomic mass is 32.1. The highest BCUT2D eigenvalue weighted by molar-refractivity contribution is 7.17. The molecule has 1 unspecified atom stereocenters. The van der Waals surface area contributed by atoms with E-state index in [4.69, 9.17) is 4.74 Å². The summed E-state index contributed by atoms with van der Waals surface area (Å²) >= 11 is 0.947. The molecule has 1 atom stereocenters. The summed E-state index contributed by atoms with van der Waals surface area (Å²) in [6.45, 7) is 4.67. The number of esters is 1. The molecule has 150 valence electrons. The molecule has 9 nitrogen and oxygen atoms in total. The van der Waals surface area contributed by atoms with Crippen molar-refractivity contribution in [2.45, 2.75) is 13.0 Å². The van der Waals surface area contributed by atoms with Crippen molar-refractivity contribution >= 4 is 40.3 Å². The Morgan fingerprint density at radius 1 is 1.34 bits per heavy atom. The van der Waals surface area contributed by atoms with E-state index in [-0.39, 0.29) is 16.6 Å². The maximum atomic E-state index is 12.5. The van der Waals surface area contributed by atoms with Crippen LogP contribution in [0.1, 0.15) is 27.0 Å². The molecule has 2 aromatic rings. The minimum atomic E-state index is -0.829. The summed E-state index contributed by atoms with van der Waals surface area (Å²) in [6, 6.07) is 7.27. The van der Waals surface area contributed by atoms with Crippen LogP contribution in [-0.4, -0.2) is 46.9 Å². The number of benzene rings is 1. The summed E-state index contributed by atoms with van der Waals surface area (Å²) in [5, 5.41) is 5.24. The molecule has 0 spiro atoms. The number of hydrogen-bond acceptors (Lipinski definition) is 7. The fourth-order valence-corrected chi connectivity index (χ4v) is 3.56. The van der Waals surface area contributed by atoms with Crippen molar-refractivity contribution in [3.05, 3.63) is 59.1 Å². The minimum Gasteiger partial charge on any atom is -0.457 e. The molecule has 4 amide bonds. The smallest absolute Gasteiger partial charge is 0.350 e. The second-order valence-corrected chi connectivity index (χ2v) is 7.09. The predicted octanol–water partition coefficient (Wildman–Crippen LogP) is 2.03. The first-order valence-electron chi connectivity index (χ1n) is 8.62. The summed E-state index contributed by atoms with van der Waals surface area (Å²) < 4.78 is 4.96. The number of aryl methyl sites for hydroxylation is 1. The number of rotatable bonds is 7. The van der Waals surface area contributed by atoms with Gasteiger partial charge in [0.25, 0.3) is 5.91 Å². The number of aromatic nitrogens is 1. The molecule has 0 aliphatic carbocycles. The first-order chi connectivity index (χ1) is 13.9. The lowest BCUT2D eigenvalue weighted by Crippen LogP contribution is -2.38. The number of hydrogen-bond donors (Lipinski definition) is 2. The highest BCUT2D eigenvalue weighted by Crippen LogP contribution is 2.24. The van der Waals surface area contributed by atoms with Crippen molar-refractivity contribution in [3.8, 4) is 0 Å². The zero-order valence-corrected chi connectivity index (χ0v) is 16.3. The molecule has 2 N–H and O–H groups in total. The molecule has 3 rings (SSSR count). The Morgan fingerprint density at radius 3 is 2.76 bits per heavy atom. The molecule has 1 aliphatic heterocycles. The lowest BCUT2D eigenvalue weighted by atomic mass is 10.1. The van der Waals surface area contributed by atoms with E-state index in [1.807, 2.05) is 0 Å². The van der Waals surface area contributed by atoms with Crippen LogP contribution in [0, 0.1) is 6.92 Å². The predicted molar refractivity (Wildman–Crippen MR) is 105 cm³/mol. The monoisotopic (exact) mass is 414 g/mol. The van der Waals surface area contributed by atoms with E-state index in [0.717, 1.165) is 16.2 Å². The number of carbonyl (C=O) groups excluding carboxylic acids is 4. The summed E-state index contributed by atoms with van der Waals surface area (Å²) in [5.41, 5.74) is 1.03. The minimum absolute atomic E-state index is 0.0621. The van der Waals surface area contributed by atoms with Crippen LogP contribution >= 0.6 is 11.3 Å². The van der Waals surface area contributed by atoms with E-state index < -0.39 is 36.4 Å². The Bertz CT molecular complexity index is 972. The van der Waals surface area contributed by atoms with Crippen molar-refractivity contribution in [1.29, 1.82) is 0 Å². The molecule has 0 bridgehead atoms. The maximum Gasteiger partial charge on any atom is 0.350 e. The van der Waals surface area contributed by atoms with Crippen LogP contribution in [0.25, 0.3) is 0 Å². The van der Waals surface area contributed by atoms with Gasteiger partial charge in [0.05, 0.1) is 5.69 Å². The average molecular weight is 414 g/mol. The van der Waals surface area contributed by atoms with Gasteiger partial charge < -0.3 is 15.4 Å². The van der Waals surface area contributed by atoms with Gasteiger partial charge in [-0.3, -0.25) is 14.5 Å². The van der Waals surface area contributed by atoms with Crippen molar-refractivity contribution < 1.29 is 23.9 Å². The molecular weight excluding hydrogens is 396 g/mol. The van der Waals surface area contributed by atoms with Gasteiger partial charge in [0.1, 0.15) is 24.1 Å². The van der Waals surface area contributed by atoms with Crippen LogP contribution in [-0.2, 0) is 14.3 Å². The van der Waals surface area contributed by atoms with Crippen LogP contribution < -0.4 is 10.6 Å². The summed E-state index contributed by atoms with van der Waals surface area (Å²) in [6.07, 6.45) is 1.44. The number of nitrogens with one attached hydrogen (secondary N) is 2. The third-order valence-electron chi connectivity index (χ3n) is 4.02. The zero-order chi connectivity index (χ0) is 21.0. The van der Waals surface area contributed by atoms with Gasteiger partial charge in [0, 0.05) is 0 Å². The Kier molecular flexibility index (Phi) is 6.03. The number of nitrogens with zero attached hydrogens (tertiary/aromatic N) is 2. The van der Waals surface area contributed by atoms with E-state index in [1.165, 1.54) is 6.08 Å². The van der Waals surface area contributed by atoms with E-state index in [0.29, 0.717) is 11.3 Å². The molecule has 29 heavy (non-hydrogen) atoms. The zero-order valence-electron chi connectivity index (χ0n) is 15.5. The van der Waals surface area contributed by atoms with Crippen LogP contribution in [0.15, 0.2) is 43.0 Å². The topological polar surface area (TPSA) is 118 Å². The third-order valence-corrected chi connectivity index (χ3v) is 5.07. The number of thiazole rings is 1. The molecule has 0 radical (unpaired) electrons. The third kappa shape index (κ3) is 4.49. The van der Waals surface area contributed by atoms with Crippen LogP contribution in [0.5, 0.6) is 0 Å². The quantitative estimate of drug-likeness (QED) is 0.407. The van der Waals surface area contributed by atoms with Crippen LogP contribution in [0.3, 0.4) is 0 Å². The van der Waals surface area contributed by atoms with Gasteiger partial charge in [0.15, 0.2) is 5.13 Å². The Labute approximate surface area is 170 Å². The first kappa shape index (κ1) is 20.2. The van der Waals surface area contributed by atoms with Crippen molar-refractivity contribution in [2.75, 3.05) is 18.5 Å². The number of anilines is 1. The first-order valence-corrected chi connectivity index (χ1v) is 9.44.